The number of rotatable bonds is 3. The van der Waals surface area contributed by atoms with Crippen molar-refractivity contribution in [3.05, 3.63) is 58.6 Å². The van der Waals surface area contributed by atoms with Gasteiger partial charge in [0.25, 0.3) is 5.91 Å². The van der Waals surface area contributed by atoms with Crippen molar-refractivity contribution in [3.8, 4) is 0 Å². The van der Waals surface area contributed by atoms with Gasteiger partial charge in [-0.25, -0.2) is 4.79 Å². The summed E-state index contributed by atoms with van der Waals surface area (Å²) in [5, 5.41) is 2.81. The second-order valence-corrected chi connectivity index (χ2v) is 6.26. The van der Waals surface area contributed by atoms with Crippen LogP contribution in [-0.4, -0.2) is 22.9 Å². The Kier molecular flexibility index (Phi) is 3.84. The zero-order valence-electron chi connectivity index (χ0n) is 14.2. The summed E-state index contributed by atoms with van der Waals surface area (Å²) >= 11 is 0. The molecule has 0 spiro atoms. The van der Waals surface area contributed by atoms with Gasteiger partial charge in [-0.3, -0.25) is 14.2 Å². The van der Waals surface area contributed by atoms with E-state index in [2.05, 4.69) is 5.32 Å². The Morgan fingerprint density at radius 3 is 2.58 bits per heavy atom. The van der Waals surface area contributed by atoms with Crippen molar-refractivity contribution < 1.29 is 14.0 Å². The van der Waals surface area contributed by atoms with Gasteiger partial charge in [0.2, 0.25) is 5.91 Å². The van der Waals surface area contributed by atoms with Crippen LogP contribution < -0.4 is 16.0 Å². The van der Waals surface area contributed by atoms with Crippen LogP contribution in [0, 0.1) is 0 Å². The summed E-state index contributed by atoms with van der Waals surface area (Å²) in [6.45, 7) is 0.716. The predicted octanol–water partition coefficient (Wildman–Crippen LogP) is 2.51. The Bertz CT molecular complexity index is 1060. The average Bonchev–Trinajstić information content (AvgIpc) is 3.19. The Balaban J connectivity index is 1.53. The molecule has 1 fully saturated rings. The van der Waals surface area contributed by atoms with E-state index in [1.807, 2.05) is 0 Å². The molecule has 1 aromatic heterocycles. The number of carbonyl (C=O) groups is 2. The molecule has 2 aromatic carbocycles. The minimum atomic E-state index is -0.449. The molecule has 0 saturated carbocycles. The normalized spacial score (nSPS) is 14.2. The van der Waals surface area contributed by atoms with Crippen LogP contribution in [0.5, 0.6) is 0 Å². The van der Waals surface area contributed by atoms with E-state index in [9.17, 15) is 14.4 Å². The molecule has 0 atom stereocenters. The molecule has 0 radical (unpaired) electrons. The van der Waals surface area contributed by atoms with Crippen LogP contribution >= 0.6 is 0 Å². The third-order valence-corrected chi connectivity index (χ3v) is 4.56. The number of hydrogen-bond donors (Lipinski definition) is 1. The fourth-order valence-corrected chi connectivity index (χ4v) is 3.12. The molecule has 7 heteroatoms. The molecule has 4 rings (SSSR count). The second-order valence-electron chi connectivity index (χ2n) is 6.26. The minimum absolute atomic E-state index is 0.112. The molecule has 2 amide bonds. The standard InChI is InChI=1S/C19H17N3O4/c1-21-15-11-13(6-9-16(15)26-19(21)25)20-18(24)12-4-7-14(8-5-12)22-10-2-3-17(22)23/h4-9,11H,2-3,10H2,1H3,(H,20,24). The lowest BCUT2D eigenvalue weighted by Gasteiger charge is -2.15. The van der Waals surface area contributed by atoms with Crippen molar-refractivity contribution in [2.75, 3.05) is 16.8 Å². The van der Waals surface area contributed by atoms with Gasteiger partial charge in [-0.1, -0.05) is 0 Å². The van der Waals surface area contributed by atoms with Gasteiger partial charge in [0.05, 0.1) is 5.52 Å². The summed E-state index contributed by atoms with van der Waals surface area (Å²) in [6.07, 6.45) is 1.43. The largest absolute Gasteiger partial charge is 0.419 e. The van der Waals surface area contributed by atoms with Gasteiger partial charge in [-0.05, 0) is 48.9 Å². The number of amides is 2. The summed E-state index contributed by atoms with van der Waals surface area (Å²) in [5.74, 6) is -0.603. The lowest BCUT2D eigenvalue weighted by atomic mass is 10.1. The maximum absolute atomic E-state index is 12.5. The van der Waals surface area contributed by atoms with Crippen molar-refractivity contribution >= 4 is 34.3 Å². The molecule has 1 saturated heterocycles. The zero-order chi connectivity index (χ0) is 18.3. The van der Waals surface area contributed by atoms with E-state index in [1.165, 1.54) is 4.57 Å². The van der Waals surface area contributed by atoms with Gasteiger partial charge >= 0.3 is 5.76 Å². The monoisotopic (exact) mass is 351 g/mol. The predicted molar refractivity (Wildman–Crippen MR) is 97.4 cm³/mol. The number of oxazole rings is 1. The van der Waals surface area contributed by atoms with Gasteiger partial charge in [-0.2, -0.15) is 0 Å². The molecule has 1 aliphatic rings. The highest BCUT2D eigenvalue weighted by Crippen LogP contribution is 2.22. The second kappa shape index (κ2) is 6.18. The van der Waals surface area contributed by atoms with Crippen LogP contribution in [0.3, 0.4) is 0 Å². The van der Waals surface area contributed by atoms with E-state index in [4.69, 9.17) is 4.42 Å². The number of nitrogens with zero attached hydrogens (tertiary/aromatic N) is 2. The maximum Gasteiger partial charge on any atom is 0.419 e. The molecule has 0 bridgehead atoms. The Morgan fingerprint density at radius 2 is 1.88 bits per heavy atom. The van der Waals surface area contributed by atoms with Gasteiger partial charge in [-0.15, -0.1) is 0 Å². The van der Waals surface area contributed by atoms with Crippen LogP contribution in [0.1, 0.15) is 23.2 Å². The van der Waals surface area contributed by atoms with E-state index in [0.29, 0.717) is 35.3 Å². The van der Waals surface area contributed by atoms with Gasteiger partial charge in [0.15, 0.2) is 5.58 Å². The first-order valence-corrected chi connectivity index (χ1v) is 8.34. The van der Waals surface area contributed by atoms with Crippen molar-refractivity contribution in [2.24, 2.45) is 7.05 Å². The van der Waals surface area contributed by atoms with Crippen molar-refractivity contribution in [1.29, 1.82) is 0 Å². The van der Waals surface area contributed by atoms with Crippen LogP contribution in [0.25, 0.3) is 11.1 Å². The molecular weight excluding hydrogens is 334 g/mol. The highest BCUT2D eigenvalue weighted by Gasteiger charge is 2.21. The van der Waals surface area contributed by atoms with E-state index < -0.39 is 5.76 Å². The van der Waals surface area contributed by atoms with Crippen molar-refractivity contribution in [1.82, 2.24) is 4.57 Å². The molecule has 0 aliphatic carbocycles. The van der Waals surface area contributed by atoms with Crippen LogP contribution in [0.2, 0.25) is 0 Å². The van der Waals surface area contributed by atoms with Crippen molar-refractivity contribution in [2.45, 2.75) is 12.8 Å². The first kappa shape index (κ1) is 16.1. The summed E-state index contributed by atoms with van der Waals surface area (Å²) in [6, 6.07) is 12.0. The third-order valence-electron chi connectivity index (χ3n) is 4.56. The van der Waals surface area contributed by atoms with Crippen LogP contribution in [-0.2, 0) is 11.8 Å². The highest BCUT2D eigenvalue weighted by atomic mass is 16.4. The minimum Gasteiger partial charge on any atom is -0.408 e. The van der Waals surface area contributed by atoms with Crippen molar-refractivity contribution in [3.63, 3.8) is 0 Å². The Hall–Kier alpha value is -3.35. The van der Waals surface area contributed by atoms with Gasteiger partial charge in [0.1, 0.15) is 0 Å². The molecule has 1 aliphatic heterocycles. The van der Waals surface area contributed by atoms with E-state index in [0.717, 1.165) is 12.1 Å². The Labute approximate surface area is 148 Å². The molecular formula is C19H17N3O4. The molecule has 3 aromatic rings. The number of aryl methyl sites for hydroxylation is 1. The summed E-state index contributed by atoms with van der Waals surface area (Å²) in [7, 11) is 1.61. The highest BCUT2D eigenvalue weighted by molar-refractivity contribution is 6.05. The smallest absolute Gasteiger partial charge is 0.408 e. The Morgan fingerprint density at radius 1 is 1.12 bits per heavy atom. The number of carbonyl (C=O) groups excluding carboxylic acids is 2. The lowest BCUT2D eigenvalue weighted by molar-refractivity contribution is -0.117. The molecule has 0 unspecified atom stereocenters. The number of hydrogen-bond acceptors (Lipinski definition) is 4. The first-order chi connectivity index (χ1) is 12.5. The number of aromatic nitrogens is 1. The number of anilines is 2. The molecule has 2 heterocycles. The quantitative estimate of drug-likeness (QED) is 0.786. The summed E-state index contributed by atoms with van der Waals surface area (Å²) in [4.78, 5) is 37.5. The van der Waals surface area contributed by atoms with Gasteiger partial charge < -0.3 is 14.6 Å². The number of fused-ring (bicyclic) bond motifs is 1. The van der Waals surface area contributed by atoms with Gasteiger partial charge in [0, 0.05) is 37.0 Å². The SMILES string of the molecule is Cn1c(=O)oc2ccc(NC(=O)c3ccc(N4CCCC4=O)cc3)cc21. The molecule has 7 nitrogen and oxygen atoms in total. The molecule has 132 valence electrons. The van der Waals surface area contributed by atoms with Crippen LogP contribution in [0.15, 0.2) is 51.7 Å². The summed E-state index contributed by atoms with van der Waals surface area (Å²) in [5.41, 5.74) is 2.93. The number of benzene rings is 2. The van der Waals surface area contributed by atoms with E-state index in [-0.39, 0.29) is 11.8 Å². The average molecular weight is 351 g/mol. The maximum atomic E-state index is 12.5. The lowest BCUT2D eigenvalue weighted by Crippen LogP contribution is -2.23. The third kappa shape index (κ3) is 2.77. The van der Waals surface area contributed by atoms with Crippen LogP contribution in [0.4, 0.5) is 11.4 Å². The molecule has 1 N–H and O–H groups in total. The fraction of sp³-hybridized carbons (Fsp3) is 0.211. The fourth-order valence-electron chi connectivity index (χ4n) is 3.12. The molecule has 26 heavy (non-hydrogen) atoms. The summed E-state index contributed by atoms with van der Waals surface area (Å²) < 4.78 is 6.46. The number of nitrogens with one attached hydrogen (secondary N) is 1. The first-order valence-electron chi connectivity index (χ1n) is 8.34. The topological polar surface area (TPSA) is 84.6 Å². The van der Waals surface area contributed by atoms with E-state index in [1.54, 1.807) is 54.4 Å². The van der Waals surface area contributed by atoms with E-state index >= 15 is 0 Å². The zero-order valence-corrected chi connectivity index (χ0v) is 14.2.